The van der Waals surface area contributed by atoms with Gasteiger partial charge in [-0.25, -0.2) is 9.59 Å². The molecule has 0 N–H and O–H groups in total. The number of nitrogens with zero attached hydrogens (tertiary/aromatic N) is 2. The molecule has 0 aliphatic carbocycles. The number of carbonyl (C=O) groups is 2. The summed E-state index contributed by atoms with van der Waals surface area (Å²) in [5, 5.41) is 1.37. The molecule has 0 radical (unpaired) electrons. The Labute approximate surface area is 135 Å². The molecule has 3 rings (SSSR count). The number of hydroxylamine groups is 2. The molecule has 2 saturated heterocycles. The number of hydrogen-bond donors (Lipinski definition) is 0. The summed E-state index contributed by atoms with van der Waals surface area (Å²) in [6.07, 6.45) is 2.92. The third-order valence-corrected chi connectivity index (χ3v) is 4.15. The van der Waals surface area contributed by atoms with Crippen LogP contribution in [0.2, 0.25) is 0 Å². The molecule has 0 saturated carbocycles. The average Bonchev–Trinajstić information content (AvgIpc) is 2.83. The lowest BCUT2D eigenvalue weighted by molar-refractivity contribution is -0.151. The van der Waals surface area contributed by atoms with E-state index >= 15 is 0 Å². The number of rotatable bonds is 6. The van der Waals surface area contributed by atoms with Crippen molar-refractivity contribution in [2.24, 2.45) is 0 Å². The molecule has 1 aromatic carbocycles. The van der Waals surface area contributed by atoms with E-state index in [1.54, 1.807) is 11.0 Å². The Bertz CT molecular complexity index is 590. The fourth-order valence-corrected chi connectivity index (χ4v) is 3.00. The van der Waals surface area contributed by atoms with Crippen LogP contribution >= 0.6 is 0 Å². The monoisotopic (exact) mass is 316 g/mol. The van der Waals surface area contributed by atoms with Crippen LogP contribution in [0.25, 0.3) is 0 Å². The van der Waals surface area contributed by atoms with Gasteiger partial charge in [-0.3, -0.25) is 4.84 Å². The Balaban J connectivity index is 1.60. The van der Waals surface area contributed by atoms with Gasteiger partial charge in [0.2, 0.25) is 0 Å². The second-order valence-electron chi connectivity index (χ2n) is 5.69. The second-order valence-corrected chi connectivity index (χ2v) is 5.69. The van der Waals surface area contributed by atoms with Gasteiger partial charge in [0.1, 0.15) is 12.6 Å². The molecule has 2 aliphatic heterocycles. The molecule has 2 aliphatic rings. The Morgan fingerprint density at radius 3 is 2.83 bits per heavy atom. The Hall–Kier alpha value is -2.34. The van der Waals surface area contributed by atoms with Crippen LogP contribution in [0.1, 0.15) is 18.4 Å². The van der Waals surface area contributed by atoms with Gasteiger partial charge in [0, 0.05) is 6.54 Å². The van der Waals surface area contributed by atoms with Crippen molar-refractivity contribution in [1.29, 1.82) is 0 Å². The first kappa shape index (κ1) is 15.6. The van der Waals surface area contributed by atoms with Crippen LogP contribution < -0.4 is 0 Å². The van der Waals surface area contributed by atoms with Gasteiger partial charge in [-0.05, 0) is 18.4 Å². The van der Waals surface area contributed by atoms with Crippen LogP contribution in [0.5, 0.6) is 0 Å². The standard InChI is InChI=1S/C17H20N2O4/c1-2-10-23-19-14-8-9-15(18(11-14)17(19)21)16(20)22-12-13-6-4-3-5-7-13/h2-7,14-15H,1,8-12H2/t14-,15+/m0/s1. The fraction of sp³-hybridized carbons (Fsp3) is 0.412. The van der Waals surface area contributed by atoms with E-state index in [9.17, 15) is 9.59 Å². The highest BCUT2D eigenvalue weighted by Crippen LogP contribution is 2.30. The first-order valence-corrected chi connectivity index (χ1v) is 7.75. The van der Waals surface area contributed by atoms with Crippen molar-refractivity contribution in [3.63, 3.8) is 0 Å². The minimum absolute atomic E-state index is 0.000577. The molecule has 2 atom stereocenters. The van der Waals surface area contributed by atoms with Crippen molar-refractivity contribution in [3.8, 4) is 0 Å². The number of benzene rings is 1. The minimum Gasteiger partial charge on any atom is -0.459 e. The zero-order chi connectivity index (χ0) is 16.2. The third kappa shape index (κ3) is 3.22. The van der Waals surface area contributed by atoms with Gasteiger partial charge in [-0.15, -0.1) is 6.58 Å². The summed E-state index contributed by atoms with van der Waals surface area (Å²) in [4.78, 5) is 31.7. The summed E-state index contributed by atoms with van der Waals surface area (Å²) in [6.45, 7) is 4.58. The molecule has 6 nitrogen and oxygen atoms in total. The molecule has 2 amide bonds. The molecule has 0 unspecified atom stereocenters. The van der Waals surface area contributed by atoms with Gasteiger partial charge < -0.3 is 9.64 Å². The number of fused-ring (bicyclic) bond motifs is 2. The highest BCUT2D eigenvalue weighted by molar-refractivity contribution is 5.85. The molecule has 23 heavy (non-hydrogen) atoms. The molecule has 2 bridgehead atoms. The molecule has 122 valence electrons. The van der Waals surface area contributed by atoms with Gasteiger partial charge in [0.15, 0.2) is 0 Å². The van der Waals surface area contributed by atoms with Crippen LogP contribution in [0, 0.1) is 0 Å². The molecule has 2 heterocycles. The number of urea groups is 1. The summed E-state index contributed by atoms with van der Waals surface area (Å²) in [7, 11) is 0. The van der Waals surface area contributed by atoms with E-state index in [2.05, 4.69) is 6.58 Å². The third-order valence-electron chi connectivity index (χ3n) is 4.15. The van der Waals surface area contributed by atoms with Crippen LogP contribution in [0.3, 0.4) is 0 Å². The molecule has 1 aromatic rings. The van der Waals surface area contributed by atoms with Gasteiger partial charge in [0.05, 0.1) is 12.6 Å². The summed E-state index contributed by atoms with van der Waals surface area (Å²) in [6, 6.07) is 8.70. The lowest BCUT2D eigenvalue weighted by Crippen LogP contribution is -2.45. The van der Waals surface area contributed by atoms with Crippen molar-refractivity contribution < 1.29 is 19.2 Å². The number of hydrogen-bond acceptors (Lipinski definition) is 4. The quantitative estimate of drug-likeness (QED) is 0.596. The van der Waals surface area contributed by atoms with Crippen LogP contribution in [0.15, 0.2) is 43.0 Å². The first-order chi connectivity index (χ1) is 11.2. The van der Waals surface area contributed by atoms with Crippen molar-refractivity contribution in [3.05, 3.63) is 48.6 Å². The number of piperidine rings is 1. The maximum atomic E-state index is 12.4. The molecule has 0 aromatic heterocycles. The van der Waals surface area contributed by atoms with Crippen molar-refractivity contribution >= 4 is 12.0 Å². The lowest BCUT2D eigenvalue weighted by atomic mass is 10.0. The Morgan fingerprint density at radius 2 is 2.09 bits per heavy atom. The zero-order valence-corrected chi connectivity index (χ0v) is 12.9. The predicted molar refractivity (Wildman–Crippen MR) is 83.1 cm³/mol. The highest BCUT2D eigenvalue weighted by atomic mass is 16.7. The maximum Gasteiger partial charge on any atom is 0.345 e. The van der Waals surface area contributed by atoms with E-state index in [0.29, 0.717) is 13.0 Å². The van der Waals surface area contributed by atoms with E-state index in [1.807, 2.05) is 30.3 Å². The van der Waals surface area contributed by atoms with Crippen LogP contribution in [0.4, 0.5) is 4.79 Å². The number of amides is 2. The molecule has 6 heteroatoms. The van der Waals surface area contributed by atoms with Crippen molar-refractivity contribution in [2.45, 2.75) is 31.5 Å². The normalized spacial score (nSPS) is 23.0. The molecular weight excluding hydrogens is 296 g/mol. The van der Waals surface area contributed by atoms with Gasteiger partial charge in [0.25, 0.3) is 0 Å². The first-order valence-electron chi connectivity index (χ1n) is 7.75. The lowest BCUT2D eigenvalue weighted by Gasteiger charge is -2.28. The maximum absolute atomic E-state index is 12.4. The topological polar surface area (TPSA) is 59.1 Å². The number of carbonyl (C=O) groups excluding carboxylic acids is 2. The van der Waals surface area contributed by atoms with Gasteiger partial charge in [-0.1, -0.05) is 36.4 Å². The minimum atomic E-state index is -0.528. The van der Waals surface area contributed by atoms with E-state index in [4.69, 9.17) is 9.57 Å². The SMILES string of the molecule is C=CCON1C(=O)N2C[C@@H]1CC[C@@H]2C(=O)OCc1ccccc1. The van der Waals surface area contributed by atoms with Crippen LogP contribution in [-0.4, -0.2) is 47.2 Å². The summed E-state index contributed by atoms with van der Waals surface area (Å²) < 4.78 is 5.37. The smallest absolute Gasteiger partial charge is 0.345 e. The Morgan fingerprint density at radius 1 is 1.30 bits per heavy atom. The Kier molecular flexibility index (Phi) is 4.62. The molecule has 0 spiro atoms. The summed E-state index contributed by atoms with van der Waals surface area (Å²) in [5.74, 6) is -0.355. The van der Waals surface area contributed by atoms with Crippen molar-refractivity contribution in [1.82, 2.24) is 9.96 Å². The van der Waals surface area contributed by atoms with Gasteiger partial charge in [-0.2, -0.15) is 5.06 Å². The largest absolute Gasteiger partial charge is 0.459 e. The predicted octanol–water partition coefficient (Wildman–Crippen LogP) is 2.12. The number of esters is 1. The summed E-state index contributed by atoms with van der Waals surface area (Å²) >= 11 is 0. The van der Waals surface area contributed by atoms with E-state index in [0.717, 1.165) is 12.0 Å². The molecule has 2 fully saturated rings. The van der Waals surface area contributed by atoms with Crippen molar-refractivity contribution in [2.75, 3.05) is 13.2 Å². The fourth-order valence-electron chi connectivity index (χ4n) is 3.00. The highest BCUT2D eigenvalue weighted by Gasteiger charge is 2.48. The van der Waals surface area contributed by atoms with E-state index in [1.165, 1.54) is 5.06 Å². The van der Waals surface area contributed by atoms with Gasteiger partial charge >= 0.3 is 12.0 Å². The zero-order valence-electron chi connectivity index (χ0n) is 12.9. The van der Waals surface area contributed by atoms with E-state index in [-0.39, 0.29) is 31.3 Å². The van der Waals surface area contributed by atoms with E-state index < -0.39 is 6.04 Å². The number of ether oxygens (including phenoxy) is 1. The average molecular weight is 316 g/mol. The second kappa shape index (κ2) is 6.83. The summed E-state index contributed by atoms with van der Waals surface area (Å²) in [5.41, 5.74) is 0.929. The van der Waals surface area contributed by atoms with Crippen LogP contribution in [-0.2, 0) is 21.0 Å². The molecular formula is C17H20N2O4.